The minimum Gasteiger partial charge on any atom is -0.379 e. The van der Waals surface area contributed by atoms with E-state index in [0.717, 1.165) is 22.3 Å². The van der Waals surface area contributed by atoms with E-state index in [2.05, 4.69) is 0 Å². The van der Waals surface area contributed by atoms with Crippen LogP contribution in [-0.4, -0.2) is 11.7 Å². The molecule has 0 amide bonds. The molecule has 2 nitrogen and oxygen atoms in total. The summed E-state index contributed by atoms with van der Waals surface area (Å²) in [5.41, 5.74) is 8.14. The van der Waals surface area contributed by atoms with Crippen molar-refractivity contribution in [2.45, 2.75) is 5.60 Å². The average molecular weight is 272 g/mol. The zero-order chi connectivity index (χ0) is 13.5. The van der Waals surface area contributed by atoms with Gasteiger partial charge < -0.3 is 10.8 Å². The quantitative estimate of drug-likeness (QED) is 0.837. The fourth-order valence-corrected chi connectivity index (χ4v) is 2.77. The van der Waals surface area contributed by atoms with Gasteiger partial charge in [-0.25, -0.2) is 0 Å². The van der Waals surface area contributed by atoms with Crippen molar-refractivity contribution in [3.05, 3.63) is 69.7 Å². The summed E-state index contributed by atoms with van der Waals surface area (Å²) in [5.74, 6) is 0. The van der Waals surface area contributed by atoms with E-state index in [-0.39, 0.29) is 6.54 Å². The summed E-state index contributed by atoms with van der Waals surface area (Å²) >= 11 is 6.07. The highest BCUT2D eigenvalue weighted by atomic mass is 35.5. The lowest BCUT2D eigenvalue weighted by molar-refractivity contribution is 0.0900. The van der Waals surface area contributed by atoms with Crippen molar-refractivity contribution in [1.29, 1.82) is 0 Å². The lowest BCUT2D eigenvalue weighted by Gasteiger charge is -2.29. The SMILES string of the molecule is NCC1(O)c2ccccc2C=Cc2ccc(Cl)cc21. The fourth-order valence-electron chi connectivity index (χ4n) is 2.60. The molecule has 3 heteroatoms. The van der Waals surface area contributed by atoms with Crippen molar-refractivity contribution in [3.8, 4) is 0 Å². The van der Waals surface area contributed by atoms with Gasteiger partial charge in [-0.1, -0.05) is 54.1 Å². The fraction of sp³-hybridized carbons (Fsp3) is 0.125. The van der Waals surface area contributed by atoms with Crippen molar-refractivity contribution < 1.29 is 5.11 Å². The zero-order valence-corrected chi connectivity index (χ0v) is 11.1. The molecule has 0 radical (unpaired) electrons. The van der Waals surface area contributed by atoms with Crippen LogP contribution in [0.3, 0.4) is 0 Å². The van der Waals surface area contributed by atoms with Crippen LogP contribution in [0.15, 0.2) is 42.5 Å². The van der Waals surface area contributed by atoms with Crippen molar-refractivity contribution >= 4 is 23.8 Å². The number of hydrogen-bond donors (Lipinski definition) is 2. The summed E-state index contributed by atoms with van der Waals surface area (Å²) in [6.45, 7) is 0.110. The van der Waals surface area contributed by atoms with Crippen molar-refractivity contribution in [2.75, 3.05) is 6.54 Å². The smallest absolute Gasteiger partial charge is 0.128 e. The van der Waals surface area contributed by atoms with Crippen LogP contribution in [0.2, 0.25) is 5.02 Å². The molecule has 19 heavy (non-hydrogen) atoms. The van der Waals surface area contributed by atoms with Crippen LogP contribution in [0.25, 0.3) is 12.2 Å². The zero-order valence-electron chi connectivity index (χ0n) is 10.3. The highest BCUT2D eigenvalue weighted by Gasteiger charge is 2.34. The van der Waals surface area contributed by atoms with Gasteiger partial charge in [0.1, 0.15) is 5.60 Å². The Labute approximate surface area is 117 Å². The second-order valence-corrected chi connectivity index (χ2v) is 5.15. The van der Waals surface area contributed by atoms with Gasteiger partial charge in [-0.2, -0.15) is 0 Å². The first-order valence-corrected chi connectivity index (χ1v) is 6.53. The minimum absolute atomic E-state index is 0.110. The lowest BCUT2D eigenvalue weighted by atomic mass is 9.83. The Morgan fingerprint density at radius 3 is 2.42 bits per heavy atom. The Bertz CT molecular complexity index is 666. The maximum Gasteiger partial charge on any atom is 0.128 e. The van der Waals surface area contributed by atoms with Gasteiger partial charge in [0.2, 0.25) is 0 Å². The normalized spacial score (nSPS) is 20.6. The second kappa shape index (κ2) is 4.49. The largest absolute Gasteiger partial charge is 0.379 e. The van der Waals surface area contributed by atoms with Crippen LogP contribution < -0.4 is 5.73 Å². The van der Waals surface area contributed by atoms with E-state index in [1.807, 2.05) is 48.6 Å². The Balaban J connectivity index is 2.35. The number of rotatable bonds is 1. The van der Waals surface area contributed by atoms with Crippen molar-refractivity contribution in [1.82, 2.24) is 0 Å². The number of fused-ring (bicyclic) bond motifs is 2. The summed E-state index contributed by atoms with van der Waals surface area (Å²) in [4.78, 5) is 0. The van der Waals surface area contributed by atoms with Crippen LogP contribution in [-0.2, 0) is 5.60 Å². The van der Waals surface area contributed by atoms with Crippen LogP contribution in [0.5, 0.6) is 0 Å². The minimum atomic E-state index is -1.21. The highest BCUT2D eigenvalue weighted by molar-refractivity contribution is 6.30. The van der Waals surface area contributed by atoms with Gasteiger partial charge in [0.15, 0.2) is 0 Å². The standard InChI is InChI=1S/C16H14ClNO/c17-13-8-7-12-6-5-11-3-1-2-4-14(11)16(19,10-18)15(12)9-13/h1-9,19H,10,18H2. The van der Waals surface area contributed by atoms with Gasteiger partial charge >= 0.3 is 0 Å². The molecule has 0 saturated heterocycles. The highest BCUT2D eigenvalue weighted by Crippen LogP contribution is 2.38. The van der Waals surface area contributed by atoms with Crippen LogP contribution in [0.1, 0.15) is 22.3 Å². The molecular formula is C16H14ClNO. The first kappa shape index (κ1) is 12.4. The van der Waals surface area contributed by atoms with Gasteiger partial charge in [-0.05, 0) is 34.4 Å². The molecular weight excluding hydrogens is 258 g/mol. The number of halogens is 1. The molecule has 0 bridgehead atoms. The topological polar surface area (TPSA) is 46.2 Å². The third-order valence-electron chi connectivity index (χ3n) is 3.61. The third-order valence-corrected chi connectivity index (χ3v) is 3.84. The molecule has 0 aromatic heterocycles. The van der Waals surface area contributed by atoms with Crippen molar-refractivity contribution in [3.63, 3.8) is 0 Å². The third kappa shape index (κ3) is 1.89. The van der Waals surface area contributed by atoms with Gasteiger partial charge in [-0.15, -0.1) is 0 Å². The van der Waals surface area contributed by atoms with E-state index in [9.17, 15) is 5.11 Å². The Hall–Kier alpha value is -1.61. The molecule has 0 heterocycles. The van der Waals surface area contributed by atoms with E-state index in [4.69, 9.17) is 17.3 Å². The van der Waals surface area contributed by atoms with Gasteiger partial charge in [-0.3, -0.25) is 0 Å². The lowest BCUT2D eigenvalue weighted by Crippen LogP contribution is -2.37. The van der Waals surface area contributed by atoms with Crippen LogP contribution in [0, 0.1) is 0 Å². The number of aliphatic hydroxyl groups is 1. The Morgan fingerprint density at radius 2 is 1.68 bits per heavy atom. The number of nitrogens with two attached hydrogens (primary N) is 1. The summed E-state index contributed by atoms with van der Waals surface area (Å²) in [5, 5.41) is 11.7. The molecule has 96 valence electrons. The van der Waals surface area contributed by atoms with E-state index >= 15 is 0 Å². The van der Waals surface area contributed by atoms with E-state index in [1.165, 1.54) is 0 Å². The van der Waals surface area contributed by atoms with Crippen LogP contribution >= 0.6 is 11.6 Å². The molecule has 0 saturated carbocycles. The van der Waals surface area contributed by atoms with Crippen molar-refractivity contribution in [2.24, 2.45) is 5.73 Å². The maximum absolute atomic E-state index is 11.1. The monoisotopic (exact) mass is 271 g/mol. The first-order valence-electron chi connectivity index (χ1n) is 6.15. The Kier molecular flexibility index (Phi) is 2.94. The predicted octanol–water partition coefficient (Wildman–Crippen LogP) is 3.02. The maximum atomic E-state index is 11.1. The van der Waals surface area contributed by atoms with E-state index in [0.29, 0.717) is 5.02 Å². The second-order valence-electron chi connectivity index (χ2n) is 4.72. The molecule has 3 N–H and O–H groups in total. The van der Waals surface area contributed by atoms with E-state index < -0.39 is 5.60 Å². The Morgan fingerprint density at radius 1 is 1.00 bits per heavy atom. The molecule has 2 aromatic rings. The van der Waals surface area contributed by atoms with E-state index in [1.54, 1.807) is 6.07 Å². The molecule has 1 unspecified atom stereocenters. The molecule has 1 aliphatic rings. The number of benzene rings is 2. The summed E-state index contributed by atoms with van der Waals surface area (Å²) < 4.78 is 0. The number of hydrogen-bond acceptors (Lipinski definition) is 2. The molecule has 1 aliphatic carbocycles. The summed E-state index contributed by atoms with van der Waals surface area (Å²) in [6, 6.07) is 13.2. The molecule has 0 spiro atoms. The molecule has 2 aromatic carbocycles. The van der Waals surface area contributed by atoms with Crippen LogP contribution in [0.4, 0.5) is 0 Å². The summed E-state index contributed by atoms with van der Waals surface area (Å²) in [7, 11) is 0. The van der Waals surface area contributed by atoms with Gasteiger partial charge in [0, 0.05) is 11.6 Å². The predicted molar refractivity (Wildman–Crippen MR) is 78.9 cm³/mol. The average Bonchev–Trinajstić information content (AvgIpc) is 2.56. The summed E-state index contributed by atoms with van der Waals surface area (Å²) in [6.07, 6.45) is 3.98. The molecule has 3 rings (SSSR count). The van der Waals surface area contributed by atoms with Gasteiger partial charge in [0.25, 0.3) is 0 Å². The molecule has 0 aliphatic heterocycles. The molecule has 1 atom stereocenters. The first-order chi connectivity index (χ1) is 9.15. The molecule has 0 fully saturated rings. The van der Waals surface area contributed by atoms with Gasteiger partial charge in [0.05, 0.1) is 0 Å².